The molecule has 1 rings (SSSR count). The Hall–Kier alpha value is -0.700. The van der Waals surface area contributed by atoms with E-state index >= 15 is 0 Å². The third-order valence-electron chi connectivity index (χ3n) is 1.46. The molecule has 1 heterocycles. The smallest absolute Gasteiger partial charge is 0.161 e. The minimum absolute atomic E-state index is 0.0579. The maximum atomic E-state index is 10.9. The molecule has 0 aliphatic heterocycles. The maximum absolute atomic E-state index is 10.9. The van der Waals surface area contributed by atoms with Crippen molar-refractivity contribution in [1.82, 2.24) is 4.98 Å². The van der Waals surface area contributed by atoms with E-state index in [2.05, 4.69) is 20.9 Å². The molecule has 2 nitrogen and oxygen atoms in total. The van der Waals surface area contributed by atoms with Gasteiger partial charge in [0.1, 0.15) is 4.60 Å². The van der Waals surface area contributed by atoms with Crippen molar-refractivity contribution in [2.24, 2.45) is 0 Å². The van der Waals surface area contributed by atoms with Crippen molar-refractivity contribution in [1.29, 1.82) is 0 Å². The summed E-state index contributed by atoms with van der Waals surface area (Å²) in [5, 5.41) is 0. The molecule has 58 valence electrons. The lowest BCUT2D eigenvalue weighted by atomic mass is 10.1. The summed E-state index contributed by atoms with van der Waals surface area (Å²) >= 11 is 3.22. The number of hydrogen-bond acceptors (Lipinski definition) is 2. The van der Waals surface area contributed by atoms with Crippen molar-refractivity contribution < 1.29 is 4.79 Å². The molecule has 0 bridgehead atoms. The van der Waals surface area contributed by atoms with Crippen LogP contribution in [0.2, 0.25) is 0 Å². The Morgan fingerprint density at radius 3 is 2.73 bits per heavy atom. The van der Waals surface area contributed by atoms with Crippen LogP contribution in [0.1, 0.15) is 22.8 Å². The Morgan fingerprint density at radius 1 is 1.64 bits per heavy atom. The van der Waals surface area contributed by atoms with Crippen molar-refractivity contribution in [3.05, 3.63) is 28.0 Å². The number of ketones is 1. The summed E-state index contributed by atoms with van der Waals surface area (Å²) in [4.78, 5) is 14.9. The van der Waals surface area contributed by atoms with Crippen molar-refractivity contribution in [3.8, 4) is 0 Å². The topological polar surface area (TPSA) is 30.0 Å². The predicted octanol–water partition coefficient (Wildman–Crippen LogP) is 2.36. The first-order valence-electron chi connectivity index (χ1n) is 3.24. The lowest BCUT2D eigenvalue weighted by molar-refractivity contribution is 0.101. The van der Waals surface area contributed by atoms with Crippen LogP contribution in [-0.4, -0.2) is 10.8 Å². The Kier molecular flexibility index (Phi) is 2.39. The van der Waals surface area contributed by atoms with Gasteiger partial charge in [-0.1, -0.05) is 0 Å². The molecule has 0 aliphatic rings. The fraction of sp³-hybridized carbons (Fsp3) is 0.250. The number of hydrogen-bond donors (Lipinski definition) is 0. The van der Waals surface area contributed by atoms with E-state index in [1.807, 2.05) is 13.0 Å². The van der Waals surface area contributed by atoms with Gasteiger partial charge in [-0.3, -0.25) is 4.79 Å². The number of Topliss-reactive ketones (excluding diaryl/α,β-unsaturated/α-hetero) is 1. The molecule has 0 fully saturated rings. The van der Waals surface area contributed by atoms with Crippen LogP contribution >= 0.6 is 15.9 Å². The van der Waals surface area contributed by atoms with E-state index < -0.39 is 0 Å². The minimum atomic E-state index is 0.0579. The van der Waals surface area contributed by atoms with Crippen LogP contribution in [0.5, 0.6) is 0 Å². The number of aryl methyl sites for hydroxylation is 1. The summed E-state index contributed by atoms with van der Waals surface area (Å²) < 4.78 is 0.764. The van der Waals surface area contributed by atoms with Gasteiger partial charge in [-0.25, -0.2) is 4.98 Å². The second-order valence-corrected chi connectivity index (χ2v) is 3.19. The Labute approximate surface area is 73.8 Å². The van der Waals surface area contributed by atoms with Gasteiger partial charge in [0.05, 0.1) is 0 Å². The average molecular weight is 214 g/mol. The van der Waals surface area contributed by atoms with Gasteiger partial charge < -0.3 is 0 Å². The standard InChI is InChI=1S/C8H8BrNO/c1-5-3-8(9)10-4-7(5)6(2)11/h3-4H,1-2H3. The predicted molar refractivity (Wildman–Crippen MR) is 46.7 cm³/mol. The summed E-state index contributed by atoms with van der Waals surface area (Å²) in [6, 6.07) is 1.83. The Morgan fingerprint density at radius 2 is 2.27 bits per heavy atom. The fourth-order valence-electron chi connectivity index (χ4n) is 0.890. The zero-order valence-electron chi connectivity index (χ0n) is 6.39. The number of rotatable bonds is 1. The lowest BCUT2D eigenvalue weighted by Gasteiger charge is -1.99. The molecule has 0 amide bonds. The highest BCUT2D eigenvalue weighted by atomic mass is 79.9. The number of carbonyl (C=O) groups is 1. The van der Waals surface area contributed by atoms with E-state index in [1.165, 1.54) is 6.92 Å². The van der Waals surface area contributed by atoms with Crippen molar-refractivity contribution >= 4 is 21.7 Å². The van der Waals surface area contributed by atoms with Gasteiger partial charge in [-0.2, -0.15) is 0 Å². The molecule has 11 heavy (non-hydrogen) atoms. The first-order valence-corrected chi connectivity index (χ1v) is 4.03. The Bertz CT molecular complexity index is 296. The van der Waals surface area contributed by atoms with E-state index in [-0.39, 0.29) is 5.78 Å². The highest BCUT2D eigenvalue weighted by Crippen LogP contribution is 2.12. The van der Waals surface area contributed by atoms with Crippen LogP contribution < -0.4 is 0 Å². The molecular weight excluding hydrogens is 206 g/mol. The molecular formula is C8H8BrNO. The third kappa shape index (κ3) is 1.87. The Balaban J connectivity index is 3.20. The molecule has 0 unspecified atom stereocenters. The summed E-state index contributed by atoms with van der Waals surface area (Å²) in [6.07, 6.45) is 1.59. The van der Waals surface area contributed by atoms with Crippen LogP contribution in [0, 0.1) is 6.92 Å². The molecule has 0 aromatic carbocycles. The highest BCUT2D eigenvalue weighted by molar-refractivity contribution is 9.10. The molecule has 0 N–H and O–H groups in total. The molecule has 0 radical (unpaired) electrons. The van der Waals surface area contributed by atoms with Gasteiger partial charge in [0.2, 0.25) is 0 Å². The van der Waals surface area contributed by atoms with Gasteiger partial charge in [0.25, 0.3) is 0 Å². The number of aromatic nitrogens is 1. The fourth-order valence-corrected chi connectivity index (χ4v) is 1.34. The molecule has 1 aromatic rings. The number of carbonyl (C=O) groups excluding carboxylic acids is 1. The van der Waals surface area contributed by atoms with Gasteiger partial charge in [-0.05, 0) is 41.4 Å². The van der Waals surface area contributed by atoms with E-state index in [0.717, 1.165) is 10.2 Å². The monoisotopic (exact) mass is 213 g/mol. The summed E-state index contributed by atoms with van der Waals surface area (Å²) in [5.74, 6) is 0.0579. The largest absolute Gasteiger partial charge is 0.294 e. The second-order valence-electron chi connectivity index (χ2n) is 2.38. The van der Waals surface area contributed by atoms with Gasteiger partial charge in [0.15, 0.2) is 5.78 Å². The van der Waals surface area contributed by atoms with Crippen LogP contribution in [0.15, 0.2) is 16.9 Å². The van der Waals surface area contributed by atoms with Gasteiger partial charge in [-0.15, -0.1) is 0 Å². The normalized spacial score (nSPS) is 9.73. The van der Waals surface area contributed by atoms with E-state index in [9.17, 15) is 4.79 Å². The summed E-state index contributed by atoms with van der Waals surface area (Å²) in [6.45, 7) is 3.43. The number of halogens is 1. The maximum Gasteiger partial charge on any atom is 0.161 e. The third-order valence-corrected chi connectivity index (χ3v) is 1.89. The van der Waals surface area contributed by atoms with Crippen LogP contribution in [0.25, 0.3) is 0 Å². The van der Waals surface area contributed by atoms with Crippen molar-refractivity contribution in [2.75, 3.05) is 0 Å². The van der Waals surface area contributed by atoms with E-state index in [1.54, 1.807) is 6.20 Å². The minimum Gasteiger partial charge on any atom is -0.294 e. The summed E-state index contributed by atoms with van der Waals surface area (Å²) in [5.41, 5.74) is 1.65. The zero-order valence-corrected chi connectivity index (χ0v) is 7.97. The van der Waals surface area contributed by atoms with Crippen LogP contribution in [0.4, 0.5) is 0 Å². The summed E-state index contributed by atoms with van der Waals surface area (Å²) in [7, 11) is 0. The second kappa shape index (κ2) is 3.13. The van der Waals surface area contributed by atoms with E-state index in [4.69, 9.17) is 0 Å². The molecule has 0 saturated heterocycles. The van der Waals surface area contributed by atoms with Gasteiger partial charge >= 0.3 is 0 Å². The average Bonchev–Trinajstić information content (AvgIpc) is 1.85. The van der Waals surface area contributed by atoms with Crippen LogP contribution in [-0.2, 0) is 0 Å². The quantitative estimate of drug-likeness (QED) is 0.530. The lowest BCUT2D eigenvalue weighted by Crippen LogP contribution is -1.96. The molecule has 0 saturated carbocycles. The molecule has 0 atom stereocenters. The molecule has 3 heteroatoms. The van der Waals surface area contributed by atoms with Crippen molar-refractivity contribution in [2.45, 2.75) is 13.8 Å². The first-order chi connectivity index (χ1) is 5.11. The highest BCUT2D eigenvalue weighted by Gasteiger charge is 2.03. The van der Waals surface area contributed by atoms with Gasteiger partial charge in [0, 0.05) is 11.8 Å². The van der Waals surface area contributed by atoms with Crippen LogP contribution in [0.3, 0.4) is 0 Å². The first kappa shape index (κ1) is 8.40. The number of pyridine rings is 1. The zero-order chi connectivity index (χ0) is 8.43. The molecule has 0 spiro atoms. The molecule has 1 aromatic heterocycles. The molecule has 0 aliphatic carbocycles. The SMILES string of the molecule is CC(=O)c1cnc(Br)cc1C. The van der Waals surface area contributed by atoms with E-state index in [0.29, 0.717) is 5.56 Å². The van der Waals surface area contributed by atoms with Crippen molar-refractivity contribution in [3.63, 3.8) is 0 Å². The number of nitrogens with zero attached hydrogens (tertiary/aromatic N) is 1.